The van der Waals surface area contributed by atoms with Crippen LogP contribution in [0.3, 0.4) is 0 Å². The van der Waals surface area contributed by atoms with Crippen molar-refractivity contribution in [3.8, 4) is 0 Å². The van der Waals surface area contributed by atoms with Crippen LogP contribution < -0.4 is 0 Å². The summed E-state index contributed by atoms with van der Waals surface area (Å²) < 4.78 is 3.95. The quantitative estimate of drug-likeness (QED) is 0.580. The van der Waals surface area contributed by atoms with E-state index >= 15 is 0 Å². The summed E-state index contributed by atoms with van der Waals surface area (Å²) in [6.07, 6.45) is 3.54. The molecule has 0 aromatic carbocycles. The maximum Gasteiger partial charge on any atom is 0.0347 e. The van der Waals surface area contributed by atoms with E-state index in [-0.39, 0.29) is 0 Å². The van der Waals surface area contributed by atoms with Crippen LogP contribution in [0.25, 0.3) is 0 Å². The molecule has 1 rings (SSSR count). The molecule has 0 N–H and O–H groups in total. The van der Waals surface area contributed by atoms with Crippen molar-refractivity contribution >= 4 is 11.6 Å². The van der Waals surface area contributed by atoms with Crippen LogP contribution in [0.4, 0.5) is 0 Å². The molecule has 0 spiro atoms. The molecule has 0 amide bonds. The van der Waals surface area contributed by atoms with E-state index in [1.807, 2.05) is 12.1 Å². The van der Waals surface area contributed by atoms with Crippen molar-refractivity contribution in [2.75, 3.05) is 7.05 Å². The van der Waals surface area contributed by atoms with Crippen LogP contribution in [-0.2, 0) is 11.6 Å². The Morgan fingerprint density at radius 2 is 2.11 bits per heavy atom. The lowest BCUT2D eigenvalue weighted by molar-refractivity contribution is 1.26. The van der Waals surface area contributed by atoms with E-state index in [0.717, 1.165) is 11.6 Å². The fourth-order valence-corrected chi connectivity index (χ4v) is 1.02. The van der Waals surface area contributed by atoms with Crippen molar-refractivity contribution in [3.63, 3.8) is 0 Å². The van der Waals surface area contributed by atoms with Crippen LogP contribution in [0, 0.1) is 0 Å². The number of thiol groups is 1. The van der Waals surface area contributed by atoms with Crippen molar-refractivity contribution in [2.45, 2.75) is 4.90 Å². The van der Waals surface area contributed by atoms with Gasteiger partial charge in [0.1, 0.15) is 0 Å². The molecular weight excluding hydrogens is 132 g/mol. The Labute approximate surface area is 58.1 Å². The highest BCUT2D eigenvalue weighted by Crippen LogP contribution is 1.94. The van der Waals surface area contributed by atoms with Crippen molar-refractivity contribution in [2.24, 2.45) is 4.36 Å². The summed E-state index contributed by atoms with van der Waals surface area (Å²) in [5.41, 5.74) is 0. The van der Waals surface area contributed by atoms with Crippen LogP contribution in [0.1, 0.15) is 0 Å². The van der Waals surface area contributed by atoms with E-state index in [1.54, 1.807) is 19.4 Å². The normalized spacial score (nSPS) is 11.2. The zero-order chi connectivity index (χ0) is 6.53. The first-order valence-electron chi connectivity index (χ1n) is 2.63. The molecule has 9 heavy (non-hydrogen) atoms. The predicted octanol–water partition coefficient (Wildman–Crippen LogP) is 1.07. The van der Waals surface area contributed by atoms with Gasteiger partial charge in [-0.3, -0.25) is 9.35 Å². The molecule has 1 heterocycles. The van der Waals surface area contributed by atoms with Gasteiger partial charge < -0.3 is 0 Å². The van der Waals surface area contributed by atoms with Gasteiger partial charge in [-0.1, -0.05) is 11.6 Å². The smallest absolute Gasteiger partial charge is 0.0347 e. The van der Waals surface area contributed by atoms with Gasteiger partial charge in [0.15, 0.2) is 0 Å². The van der Waals surface area contributed by atoms with E-state index in [4.69, 9.17) is 0 Å². The number of hydrogen-bond donors (Lipinski definition) is 1. The highest BCUT2D eigenvalue weighted by Gasteiger charge is 1.79. The summed E-state index contributed by atoms with van der Waals surface area (Å²) in [7, 11) is 1.79. The van der Waals surface area contributed by atoms with E-state index in [1.165, 1.54) is 4.90 Å². The first-order chi connectivity index (χ1) is 4.43. The van der Waals surface area contributed by atoms with E-state index in [0.29, 0.717) is 0 Å². The van der Waals surface area contributed by atoms with Gasteiger partial charge in [-0.2, -0.15) is 0 Å². The summed E-state index contributed by atoms with van der Waals surface area (Å²) in [4.78, 5) is 5.07. The van der Waals surface area contributed by atoms with Gasteiger partial charge in [0, 0.05) is 24.3 Å². The van der Waals surface area contributed by atoms with Crippen molar-refractivity contribution in [1.29, 1.82) is 0 Å². The molecule has 48 valence electrons. The molecule has 1 aromatic rings. The number of nitrogens with zero attached hydrogens (tertiary/aromatic N) is 2. The first-order valence-corrected chi connectivity index (χ1v) is 3.48. The Bertz CT molecular complexity index is 195. The minimum absolute atomic E-state index is 1.02. The topological polar surface area (TPSA) is 25.2 Å². The SMILES string of the molecule is CN=[SH]c1ccncc1. The van der Waals surface area contributed by atoms with Gasteiger partial charge in [-0.05, 0) is 12.1 Å². The molecule has 3 heteroatoms. The van der Waals surface area contributed by atoms with Crippen LogP contribution in [0.15, 0.2) is 33.8 Å². The molecule has 0 radical (unpaired) electrons. The fourth-order valence-electron chi connectivity index (χ4n) is 0.526. The highest BCUT2D eigenvalue weighted by atomic mass is 32.1. The van der Waals surface area contributed by atoms with E-state index in [9.17, 15) is 0 Å². The van der Waals surface area contributed by atoms with E-state index in [2.05, 4.69) is 9.35 Å². The summed E-state index contributed by atoms with van der Waals surface area (Å²) in [6, 6.07) is 3.91. The summed E-state index contributed by atoms with van der Waals surface area (Å²) >= 11 is 1.02. The van der Waals surface area contributed by atoms with Gasteiger partial charge >= 0.3 is 0 Å². The second-order valence-electron chi connectivity index (χ2n) is 1.51. The van der Waals surface area contributed by atoms with Gasteiger partial charge in [-0.15, -0.1) is 0 Å². The average molecular weight is 140 g/mol. The highest BCUT2D eigenvalue weighted by molar-refractivity contribution is 7.68. The molecule has 0 unspecified atom stereocenters. The van der Waals surface area contributed by atoms with Crippen LogP contribution >= 0.6 is 0 Å². The predicted molar refractivity (Wildman–Crippen MR) is 39.6 cm³/mol. The molecule has 0 fully saturated rings. The maximum absolute atomic E-state index is 3.95. The van der Waals surface area contributed by atoms with E-state index < -0.39 is 0 Å². The first kappa shape index (κ1) is 6.42. The Balaban J connectivity index is 2.85. The average Bonchev–Trinajstić information content (AvgIpc) is 1.91. The summed E-state index contributed by atoms with van der Waals surface area (Å²) in [6.45, 7) is 0. The number of rotatable bonds is 1. The molecular formula is C6H8N2S. The van der Waals surface area contributed by atoms with Crippen LogP contribution in [0.5, 0.6) is 0 Å². The standard InChI is InChI=1S/C6H8N2S/c1-7-9-6-2-4-8-5-3-6/h2-5,9H,1H3. The molecule has 2 nitrogen and oxygen atoms in total. The van der Waals surface area contributed by atoms with Gasteiger partial charge in [0.05, 0.1) is 0 Å². The molecule has 0 saturated carbocycles. The molecule has 0 bridgehead atoms. The minimum Gasteiger partial charge on any atom is -0.266 e. The third-order valence-electron chi connectivity index (χ3n) is 0.878. The fraction of sp³-hybridized carbons (Fsp3) is 0.167. The maximum atomic E-state index is 3.95. The number of hydrogen-bond acceptors (Lipinski definition) is 2. The lowest BCUT2D eigenvalue weighted by Crippen LogP contribution is -1.72. The molecule has 0 aliphatic rings. The Morgan fingerprint density at radius 3 is 2.67 bits per heavy atom. The third kappa shape index (κ3) is 1.93. The largest absolute Gasteiger partial charge is 0.266 e. The molecule has 0 aliphatic heterocycles. The van der Waals surface area contributed by atoms with Crippen LogP contribution in [-0.4, -0.2) is 12.0 Å². The van der Waals surface area contributed by atoms with Crippen molar-refractivity contribution < 1.29 is 0 Å². The van der Waals surface area contributed by atoms with Crippen LogP contribution in [0.2, 0.25) is 0 Å². The lowest BCUT2D eigenvalue weighted by atomic mass is 10.5. The second-order valence-corrected chi connectivity index (χ2v) is 2.62. The third-order valence-corrected chi connectivity index (χ3v) is 1.61. The number of aromatic nitrogens is 1. The van der Waals surface area contributed by atoms with Gasteiger partial charge in [0.2, 0.25) is 0 Å². The van der Waals surface area contributed by atoms with Gasteiger partial charge in [0.25, 0.3) is 0 Å². The Morgan fingerprint density at radius 1 is 1.44 bits per heavy atom. The Hall–Kier alpha value is -0.700. The number of pyridine rings is 1. The van der Waals surface area contributed by atoms with Crippen molar-refractivity contribution in [1.82, 2.24) is 4.98 Å². The van der Waals surface area contributed by atoms with Gasteiger partial charge in [-0.25, -0.2) is 0 Å². The second kappa shape index (κ2) is 3.35. The zero-order valence-corrected chi connectivity index (χ0v) is 6.05. The summed E-state index contributed by atoms with van der Waals surface area (Å²) in [5.74, 6) is 0. The summed E-state index contributed by atoms with van der Waals surface area (Å²) in [5, 5.41) is 0. The monoisotopic (exact) mass is 140 g/mol. The molecule has 0 saturated heterocycles. The van der Waals surface area contributed by atoms with Crippen molar-refractivity contribution in [3.05, 3.63) is 24.5 Å². The minimum atomic E-state index is 1.02. The molecule has 0 atom stereocenters. The zero-order valence-electron chi connectivity index (χ0n) is 5.15. The lowest BCUT2D eigenvalue weighted by Gasteiger charge is -1.86. The Kier molecular flexibility index (Phi) is 2.39. The molecule has 0 aliphatic carbocycles. The molecule has 1 aromatic heterocycles.